The van der Waals surface area contributed by atoms with Gasteiger partial charge < -0.3 is 4.52 Å². The molecule has 1 aromatic carbocycles. The molecule has 94 valence electrons. The van der Waals surface area contributed by atoms with Crippen LogP contribution in [0.2, 0.25) is 0 Å². The quantitative estimate of drug-likeness (QED) is 0.810. The summed E-state index contributed by atoms with van der Waals surface area (Å²) in [5.41, 5.74) is 1.52. The van der Waals surface area contributed by atoms with Crippen LogP contribution in [0, 0.1) is 0 Å². The van der Waals surface area contributed by atoms with Gasteiger partial charge in [0, 0.05) is 17.0 Å². The first-order valence-electron chi connectivity index (χ1n) is 4.98. The van der Waals surface area contributed by atoms with Gasteiger partial charge in [-0.1, -0.05) is 5.16 Å². The lowest BCUT2D eigenvalue weighted by Gasteiger charge is -1.99. The second-order valence-electron chi connectivity index (χ2n) is 3.67. The van der Waals surface area contributed by atoms with Gasteiger partial charge in [-0.05, 0) is 35.7 Å². The van der Waals surface area contributed by atoms with E-state index in [9.17, 15) is 13.2 Å². The lowest BCUT2D eigenvalue weighted by Crippen LogP contribution is -2.04. The minimum Gasteiger partial charge on any atom is -0.329 e. The Labute approximate surface area is 104 Å². The molecule has 4 nitrogen and oxygen atoms in total. The van der Waals surface area contributed by atoms with Gasteiger partial charge in [0.25, 0.3) is 0 Å². The van der Waals surface area contributed by atoms with Crippen LogP contribution in [0.5, 0.6) is 0 Å². The van der Waals surface area contributed by atoms with Crippen molar-refractivity contribution < 1.29 is 17.7 Å². The molecule has 0 saturated carbocycles. The van der Waals surface area contributed by atoms with E-state index in [2.05, 4.69) is 19.4 Å². The minimum atomic E-state index is -4.61. The number of nitrogens with one attached hydrogen (secondary N) is 1. The Morgan fingerprint density at radius 2 is 2.17 bits per heavy atom. The number of aromatic nitrogens is 2. The van der Waals surface area contributed by atoms with Crippen LogP contribution in [0.25, 0.3) is 11.4 Å². The van der Waals surface area contributed by atoms with Crippen LogP contribution in [0.15, 0.2) is 27.6 Å². The molecule has 0 amide bonds. The summed E-state index contributed by atoms with van der Waals surface area (Å²) in [6.07, 6.45) is -4.61. The maximum atomic E-state index is 12.3. The first-order chi connectivity index (χ1) is 8.54. The fourth-order valence-electron chi connectivity index (χ4n) is 1.60. The topological polar surface area (TPSA) is 51.0 Å². The van der Waals surface area contributed by atoms with Crippen LogP contribution >= 0.6 is 11.9 Å². The van der Waals surface area contributed by atoms with Crippen LogP contribution in [0.1, 0.15) is 11.5 Å². The molecule has 0 bridgehead atoms. The van der Waals surface area contributed by atoms with Crippen LogP contribution in [0.4, 0.5) is 13.2 Å². The van der Waals surface area contributed by atoms with Crippen LogP contribution in [-0.4, -0.2) is 10.1 Å². The molecule has 18 heavy (non-hydrogen) atoms. The molecule has 1 aliphatic heterocycles. The van der Waals surface area contributed by atoms with Gasteiger partial charge in [0.2, 0.25) is 5.82 Å². The third-order valence-electron chi connectivity index (χ3n) is 2.43. The van der Waals surface area contributed by atoms with E-state index in [-0.39, 0.29) is 5.82 Å². The Morgan fingerprint density at radius 1 is 1.33 bits per heavy atom. The zero-order chi connectivity index (χ0) is 12.8. The number of benzene rings is 1. The van der Waals surface area contributed by atoms with Gasteiger partial charge in [-0.2, -0.15) is 18.2 Å². The number of halogens is 3. The standard InChI is InChI=1S/C10H6F3N3OS/c11-10(12,13)9-15-8(16-17-9)5-1-2-7-6(3-5)4-14-18-7/h1-3,14H,4H2. The summed E-state index contributed by atoms with van der Waals surface area (Å²) in [4.78, 5) is 4.40. The van der Waals surface area contributed by atoms with E-state index in [0.29, 0.717) is 12.1 Å². The number of fused-ring (bicyclic) bond motifs is 1. The summed E-state index contributed by atoms with van der Waals surface area (Å²) in [5.74, 6) is -1.38. The molecular weight excluding hydrogens is 267 g/mol. The Balaban J connectivity index is 1.98. The molecule has 0 unspecified atom stereocenters. The predicted molar refractivity (Wildman–Crippen MR) is 57.4 cm³/mol. The second-order valence-corrected chi connectivity index (χ2v) is 4.60. The number of rotatable bonds is 1. The molecule has 1 aliphatic rings. The van der Waals surface area contributed by atoms with E-state index in [4.69, 9.17) is 0 Å². The summed E-state index contributed by atoms with van der Waals surface area (Å²) < 4.78 is 44.2. The Kier molecular flexibility index (Phi) is 2.56. The summed E-state index contributed by atoms with van der Waals surface area (Å²) in [7, 11) is 0. The molecule has 3 rings (SSSR count). The van der Waals surface area contributed by atoms with Crippen molar-refractivity contribution in [3.05, 3.63) is 29.7 Å². The highest BCUT2D eigenvalue weighted by Gasteiger charge is 2.38. The van der Waals surface area contributed by atoms with Gasteiger partial charge in [-0.15, -0.1) is 0 Å². The second kappa shape index (κ2) is 3.99. The first kappa shape index (κ1) is 11.5. The smallest absolute Gasteiger partial charge is 0.329 e. The Morgan fingerprint density at radius 3 is 2.89 bits per heavy atom. The molecule has 0 aliphatic carbocycles. The summed E-state index contributed by atoms with van der Waals surface area (Å²) >= 11 is 1.49. The molecule has 0 fully saturated rings. The van der Waals surface area contributed by atoms with E-state index >= 15 is 0 Å². The molecule has 1 aromatic heterocycles. The summed E-state index contributed by atoms with van der Waals surface area (Å²) in [6, 6.07) is 5.25. The van der Waals surface area contributed by atoms with E-state index in [1.807, 2.05) is 6.07 Å². The van der Waals surface area contributed by atoms with Crippen LogP contribution < -0.4 is 4.72 Å². The monoisotopic (exact) mass is 273 g/mol. The Bertz CT molecular complexity index is 596. The maximum Gasteiger partial charge on any atom is 0.471 e. The molecule has 2 aromatic rings. The first-order valence-corrected chi connectivity index (χ1v) is 5.79. The van der Waals surface area contributed by atoms with Crippen molar-refractivity contribution in [2.75, 3.05) is 0 Å². The lowest BCUT2D eigenvalue weighted by atomic mass is 10.1. The normalized spacial score (nSPS) is 14.8. The number of nitrogens with zero attached hydrogens (tertiary/aromatic N) is 2. The van der Waals surface area contributed by atoms with Crippen molar-refractivity contribution in [3.8, 4) is 11.4 Å². The molecule has 2 heterocycles. The van der Waals surface area contributed by atoms with Gasteiger partial charge >= 0.3 is 12.1 Å². The highest BCUT2D eigenvalue weighted by molar-refractivity contribution is 7.97. The van der Waals surface area contributed by atoms with E-state index in [0.717, 1.165) is 10.5 Å². The average Bonchev–Trinajstić information content (AvgIpc) is 2.96. The third kappa shape index (κ3) is 1.97. The number of hydrogen-bond donors (Lipinski definition) is 1. The van der Waals surface area contributed by atoms with Crippen LogP contribution in [-0.2, 0) is 12.7 Å². The number of hydrogen-bond acceptors (Lipinski definition) is 5. The molecule has 8 heteroatoms. The van der Waals surface area contributed by atoms with Gasteiger partial charge in [0.15, 0.2) is 0 Å². The van der Waals surface area contributed by atoms with Crippen molar-refractivity contribution in [2.45, 2.75) is 17.6 Å². The molecule has 1 N–H and O–H groups in total. The van der Waals surface area contributed by atoms with E-state index in [1.165, 1.54) is 11.9 Å². The van der Waals surface area contributed by atoms with Gasteiger partial charge in [-0.25, -0.2) is 0 Å². The average molecular weight is 273 g/mol. The van der Waals surface area contributed by atoms with Crippen molar-refractivity contribution in [2.24, 2.45) is 0 Å². The van der Waals surface area contributed by atoms with Gasteiger partial charge in [0.1, 0.15) is 0 Å². The zero-order valence-corrected chi connectivity index (χ0v) is 9.60. The van der Waals surface area contributed by atoms with E-state index < -0.39 is 12.1 Å². The van der Waals surface area contributed by atoms with E-state index in [1.54, 1.807) is 12.1 Å². The fraction of sp³-hybridized carbons (Fsp3) is 0.200. The SMILES string of the molecule is FC(F)(F)c1nc(-c2ccc3c(c2)CNS3)no1. The summed E-state index contributed by atoms with van der Waals surface area (Å²) in [6.45, 7) is 0.665. The van der Waals surface area contributed by atoms with Gasteiger partial charge in [0.05, 0.1) is 0 Å². The highest BCUT2D eigenvalue weighted by Crippen LogP contribution is 2.32. The third-order valence-corrected chi connectivity index (χ3v) is 3.34. The maximum absolute atomic E-state index is 12.3. The zero-order valence-electron chi connectivity index (χ0n) is 8.78. The summed E-state index contributed by atoms with van der Waals surface area (Å²) in [5, 5.41) is 3.35. The molecule has 0 radical (unpaired) electrons. The van der Waals surface area contributed by atoms with Crippen LogP contribution in [0.3, 0.4) is 0 Å². The highest BCUT2D eigenvalue weighted by atomic mass is 32.2. The largest absolute Gasteiger partial charge is 0.471 e. The van der Waals surface area contributed by atoms with Gasteiger partial charge in [-0.3, -0.25) is 4.72 Å². The minimum absolute atomic E-state index is 0.0537. The van der Waals surface area contributed by atoms with Crippen molar-refractivity contribution >= 4 is 11.9 Å². The van der Waals surface area contributed by atoms with Crippen molar-refractivity contribution in [1.82, 2.24) is 14.9 Å². The lowest BCUT2D eigenvalue weighted by molar-refractivity contribution is -0.159. The molecule has 0 saturated heterocycles. The van der Waals surface area contributed by atoms with Crippen molar-refractivity contribution in [3.63, 3.8) is 0 Å². The fourth-order valence-corrected chi connectivity index (χ4v) is 2.39. The van der Waals surface area contributed by atoms with Crippen molar-refractivity contribution in [1.29, 1.82) is 0 Å². The molecule has 0 spiro atoms. The molecular formula is C10H6F3N3OS. The molecule has 0 atom stereocenters. The number of alkyl halides is 3. The predicted octanol–water partition coefficient (Wildman–Crippen LogP) is 2.87. The Hall–Kier alpha value is -1.54.